The number of halogens is 4. The van der Waals surface area contributed by atoms with Crippen molar-refractivity contribution in [3.05, 3.63) is 28.8 Å². The Hall–Kier alpha value is -0.940. The first-order chi connectivity index (χ1) is 7.92. The average molecular weight is 269 g/mol. The Labute approximate surface area is 102 Å². The zero-order valence-electron chi connectivity index (χ0n) is 9.18. The van der Waals surface area contributed by atoms with Gasteiger partial charge in [-0.3, -0.25) is 4.74 Å². The Morgan fingerprint density at radius 1 is 1.24 bits per heavy atom. The van der Waals surface area contributed by atoms with Crippen molar-refractivity contribution in [2.45, 2.75) is 19.7 Å². The second kappa shape index (κ2) is 6.12. The number of ether oxygens (including phenoxy) is 2. The van der Waals surface area contributed by atoms with E-state index in [0.717, 1.165) is 12.0 Å². The molecule has 0 saturated heterocycles. The predicted molar refractivity (Wildman–Crippen MR) is 58.3 cm³/mol. The van der Waals surface area contributed by atoms with E-state index in [9.17, 15) is 13.2 Å². The zero-order valence-corrected chi connectivity index (χ0v) is 9.94. The molecule has 0 bridgehead atoms. The van der Waals surface area contributed by atoms with E-state index in [2.05, 4.69) is 4.74 Å². The average Bonchev–Trinajstić information content (AvgIpc) is 2.24. The summed E-state index contributed by atoms with van der Waals surface area (Å²) in [4.78, 5) is 0. The molecule has 1 aromatic carbocycles. The monoisotopic (exact) mass is 268 g/mol. The number of alkyl halides is 3. The van der Waals surface area contributed by atoms with Crippen molar-refractivity contribution < 1.29 is 22.6 Å². The van der Waals surface area contributed by atoms with Gasteiger partial charge in [-0.2, -0.15) is 0 Å². The third-order valence-corrected chi connectivity index (χ3v) is 2.31. The second-order valence-electron chi connectivity index (χ2n) is 3.26. The first-order valence-electron chi connectivity index (χ1n) is 5.04. The third kappa shape index (κ3) is 5.28. The molecule has 1 rings (SSSR count). The molecule has 0 atom stereocenters. The minimum absolute atomic E-state index is 0.204. The largest absolute Gasteiger partial charge is 0.522 e. The topological polar surface area (TPSA) is 18.5 Å². The van der Waals surface area contributed by atoms with Crippen molar-refractivity contribution in [3.63, 3.8) is 0 Å². The number of aryl methyl sites for hydroxylation is 1. The summed E-state index contributed by atoms with van der Waals surface area (Å²) in [7, 11) is 0. The predicted octanol–water partition coefficient (Wildman–Crippen LogP) is 3.82. The van der Waals surface area contributed by atoms with Crippen LogP contribution in [-0.4, -0.2) is 19.6 Å². The highest BCUT2D eigenvalue weighted by Gasteiger charge is 2.28. The van der Waals surface area contributed by atoms with E-state index in [-0.39, 0.29) is 6.61 Å². The molecule has 17 heavy (non-hydrogen) atoms. The normalized spacial score (nSPS) is 11.6. The maximum Gasteiger partial charge on any atom is 0.522 e. The lowest BCUT2D eigenvalue weighted by Crippen LogP contribution is -2.18. The highest BCUT2D eigenvalue weighted by Crippen LogP contribution is 2.25. The van der Waals surface area contributed by atoms with Gasteiger partial charge in [-0.05, 0) is 24.1 Å². The van der Waals surface area contributed by atoms with Crippen LogP contribution in [0.25, 0.3) is 0 Å². The summed E-state index contributed by atoms with van der Waals surface area (Å²) in [6, 6.07) is 5.17. The lowest BCUT2D eigenvalue weighted by molar-refractivity contribution is -0.325. The lowest BCUT2D eigenvalue weighted by atomic mass is 10.2. The maximum absolute atomic E-state index is 11.7. The standard InChI is InChI=1S/C11H12ClF3O2/c1-2-8-3-4-10(9(12)7-8)16-5-6-17-11(13,14)15/h3-4,7H,2,5-6H2,1H3. The van der Waals surface area contributed by atoms with Crippen LogP contribution in [0.15, 0.2) is 18.2 Å². The van der Waals surface area contributed by atoms with Crippen molar-refractivity contribution in [2.75, 3.05) is 13.2 Å². The Bertz CT molecular complexity index is 366. The van der Waals surface area contributed by atoms with E-state index in [1.54, 1.807) is 12.1 Å². The number of benzene rings is 1. The minimum atomic E-state index is -4.63. The summed E-state index contributed by atoms with van der Waals surface area (Å²) in [6.45, 7) is 1.21. The number of hydrogen-bond acceptors (Lipinski definition) is 2. The van der Waals surface area contributed by atoms with Gasteiger partial charge < -0.3 is 4.74 Å². The SMILES string of the molecule is CCc1ccc(OCCOC(F)(F)F)c(Cl)c1. The van der Waals surface area contributed by atoms with E-state index in [0.29, 0.717) is 10.8 Å². The fraction of sp³-hybridized carbons (Fsp3) is 0.455. The molecule has 2 nitrogen and oxygen atoms in total. The van der Waals surface area contributed by atoms with Crippen molar-refractivity contribution in [1.82, 2.24) is 0 Å². The molecule has 0 aliphatic rings. The second-order valence-corrected chi connectivity index (χ2v) is 3.67. The molecule has 0 fully saturated rings. The first kappa shape index (κ1) is 14.1. The van der Waals surface area contributed by atoms with Gasteiger partial charge in [0.15, 0.2) is 0 Å². The van der Waals surface area contributed by atoms with Crippen molar-refractivity contribution >= 4 is 11.6 Å². The van der Waals surface area contributed by atoms with E-state index in [4.69, 9.17) is 16.3 Å². The molecule has 0 aliphatic carbocycles. The summed E-state index contributed by atoms with van der Waals surface area (Å²) in [5.41, 5.74) is 1.04. The fourth-order valence-electron chi connectivity index (χ4n) is 1.19. The zero-order chi connectivity index (χ0) is 12.9. The van der Waals surface area contributed by atoms with Crippen molar-refractivity contribution in [2.24, 2.45) is 0 Å². The van der Waals surface area contributed by atoms with Crippen molar-refractivity contribution in [3.8, 4) is 5.75 Å². The van der Waals surface area contributed by atoms with E-state index >= 15 is 0 Å². The van der Waals surface area contributed by atoms with E-state index in [1.807, 2.05) is 13.0 Å². The molecule has 0 spiro atoms. The van der Waals surface area contributed by atoms with Gasteiger partial charge >= 0.3 is 6.36 Å². The van der Waals surface area contributed by atoms with Crippen LogP contribution < -0.4 is 4.74 Å². The van der Waals surface area contributed by atoms with Crippen molar-refractivity contribution in [1.29, 1.82) is 0 Å². The van der Waals surface area contributed by atoms with E-state index < -0.39 is 13.0 Å². The number of rotatable bonds is 5. The first-order valence-corrected chi connectivity index (χ1v) is 5.42. The Balaban J connectivity index is 2.42. The van der Waals surface area contributed by atoms with Gasteiger partial charge in [-0.15, -0.1) is 13.2 Å². The summed E-state index contributed by atoms with van der Waals surface area (Å²) >= 11 is 5.89. The molecule has 0 N–H and O–H groups in total. The van der Waals surface area contributed by atoms with Crippen LogP contribution >= 0.6 is 11.6 Å². The van der Waals surface area contributed by atoms with Gasteiger partial charge in [0.1, 0.15) is 12.4 Å². The highest BCUT2D eigenvalue weighted by atomic mass is 35.5. The smallest absolute Gasteiger partial charge is 0.490 e. The van der Waals surface area contributed by atoms with Crippen LogP contribution in [0.1, 0.15) is 12.5 Å². The third-order valence-electron chi connectivity index (χ3n) is 2.01. The molecule has 6 heteroatoms. The quantitative estimate of drug-likeness (QED) is 0.756. The Morgan fingerprint density at radius 2 is 1.94 bits per heavy atom. The molecule has 0 amide bonds. The highest BCUT2D eigenvalue weighted by molar-refractivity contribution is 6.32. The van der Waals surface area contributed by atoms with Gasteiger partial charge in [-0.25, -0.2) is 0 Å². The molecule has 0 heterocycles. The molecule has 0 radical (unpaired) electrons. The Kier molecular flexibility index (Phi) is 5.08. The van der Waals surface area contributed by atoms with Crippen LogP contribution in [0.5, 0.6) is 5.75 Å². The Morgan fingerprint density at radius 3 is 2.47 bits per heavy atom. The van der Waals surface area contributed by atoms with Gasteiger partial charge in [-0.1, -0.05) is 24.6 Å². The van der Waals surface area contributed by atoms with Crippen LogP contribution in [0, 0.1) is 0 Å². The van der Waals surface area contributed by atoms with Gasteiger partial charge in [0.25, 0.3) is 0 Å². The summed E-state index contributed by atoms with van der Waals surface area (Å²) < 4.78 is 43.6. The lowest BCUT2D eigenvalue weighted by Gasteiger charge is -2.10. The fourth-order valence-corrected chi connectivity index (χ4v) is 1.45. The molecule has 0 unspecified atom stereocenters. The molecular weight excluding hydrogens is 257 g/mol. The summed E-state index contributed by atoms with van der Waals surface area (Å²) in [5, 5.41) is 0.386. The van der Waals surface area contributed by atoms with Gasteiger partial charge in [0, 0.05) is 0 Å². The molecule has 0 aromatic heterocycles. The molecule has 0 saturated carbocycles. The van der Waals surface area contributed by atoms with Gasteiger partial charge in [0.2, 0.25) is 0 Å². The van der Waals surface area contributed by atoms with Gasteiger partial charge in [0.05, 0.1) is 11.6 Å². The maximum atomic E-state index is 11.7. The van der Waals surface area contributed by atoms with Crippen LogP contribution in [-0.2, 0) is 11.2 Å². The summed E-state index contributed by atoms with van der Waals surface area (Å²) in [6.07, 6.45) is -3.80. The molecular formula is C11H12ClF3O2. The van der Waals surface area contributed by atoms with Crippen LogP contribution in [0.4, 0.5) is 13.2 Å². The molecule has 96 valence electrons. The minimum Gasteiger partial charge on any atom is -0.490 e. The molecule has 1 aromatic rings. The molecule has 0 aliphatic heterocycles. The van der Waals surface area contributed by atoms with Crippen LogP contribution in [0.3, 0.4) is 0 Å². The number of hydrogen-bond donors (Lipinski definition) is 0. The van der Waals surface area contributed by atoms with E-state index in [1.165, 1.54) is 0 Å². The summed E-state index contributed by atoms with van der Waals surface area (Å²) in [5.74, 6) is 0.356. The van der Waals surface area contributed by atoms with Crippen LogP contribution in [0.2, 0.25) is 5.02 Å².